The van der Waals surface area contributed by atoms with Crippen LogP contribution in [0.4, 0.5) is 0 Å². The van der Waals surface area contributed by atoms with E-state index in [4.69, 9.17) is 4.74 Å². The minimum atomic E-state index is -0.354. The Morgan fingerprint density at radius 3 is 2.64 bits per heavy atom. The summed E-state index contributed by atoms with van der Waals surface area (Å²) < 4.78 is 5.51. The molecule has 0 aliphatic carbocycles. The second-order valence-electron chi connectivity index (χ2n) is 5.58. The summed E-state index contributed by atoms with van der Waals surface area (Å²) in [6, 6.07) is 20.3. The molecule has 0 saturated carbocycles. The maximum atomic E-state index is 11.9. The lowest BCUT2D eigenvalue weighted by Crippen LogP contribution is -2.25. The number of phenolic OH excluding ortho intramolecular Hbond substituents is 1. The normalized spacial score (nSPS) is 11.3. The molecule has 5 nitrogen and oxygen atoms in total. The SMILES string of the molecule is C/C(=N\NC(=O)COc1ccc2ccccc2c1)c1cccc(O)c1. The van der Waals surface area contributed by atoms with E-state index in [2.05, 4.69) is 10.5 Å². The number of fused-ring (bicyclic) bond motifs is 1. The molecule has 0 unspecified atom stereocenters. The molecule has 0 fully saturated rings. The molecule has 0 atom stereocenters. The first kappa shape index (κ1) is 16.5. The highest BCUT2D eigenvalue weighted by molar-refractivity contribution is 5.99. The van der Waals surface area contributed by atoms with Crippen LogP contribution in [0.1, 0.15) is 12.5 Å². The number of amides is 1. The third kappa shape index (κ3) is 4.35. The highest BCUT2D eigenvalue weighted by Crippen LogP contribution is 2.20. The number of carbonyl (C=O) groups is 1. The lowest BCUT2D eigenvalue weighted by molar-refractivity contribution is -0.123. The minimum absolute atomic E-state index is 0.130. The largest absolute Gasteiger partial charge is 0.508 e. The first-order chi connectivity index (χ1) is 12.1. The van der Waals surface area contributed by atoms with E-state index in [0.29, 0.717) is 11.5 Å². The van der Waals surface area contributed by atoms with Gasteiger partial charge in [0.1, 0.15) is 11.5 Å². The Labute approximate surface area is 145 Å². The Balaban J connectivity index is 1.57. The van der Waals surface area contributed by atoms with Gasteiger partial charge >= 0.3 is 0 Å². The van der Waals surface area contributed by atoms with Crippen LogP contribution in [0.25, 0.3) is 10.8 Å². The Hall–Kier alpha value is -3.34. The third-order valence-electron chi connectivity index (χ3n) is 3.70. The molecule has 0 spiro atoms. The van der Waals surface area contributed by atoms with Gasteiger partial charge in [-0.25, -0.2) is 5.43 Å². The summed E-state index contributed by atoms with van der Waals surface area (Å²) in [6.07, 6.45) is 0. The zero-order valence-electron chi connectivity index (χ0n) is 13.8. The van der Waals surface area contributed by atoms with Crippen LogP contribution in [-0.4, -0.2) is 23.3 Å². The fourth-order valence-corrected chi connectivity index (χ4v) is 2.38. The number of hydrazone groups is 1. The molecule has 3 aromatic rings. The number of aromatic hydroxyl groups is 1. The summed E-state index contributed by atoms with van der Waals surface area (Å²) >= 11 is 0. The molecule has 5 heteroatoms. The summed E-state index contributed by atoms with van der Waals surface area (Å²) in [5.41, 5.74) is 3.77. The molecular weight excluding hydrogens is 316 g/mol. The summed E-state index contributed by atoms with van der Waals surface area (Å²) in [5, 5.41) is 15.7. The Morgan fingerprint density at radius 2 is 1.84 bits per heavy atom. The first-order valence-electron chi connectivity index (χ1n) is 7.86. The average molecular weight is 334 g/mol. The van der Waals surface area contributed by atoms with E-state index in [1.165, 1.54) is 0 Å². The van der Waals surface area contributed by atoms with Crippen molar-refractivity contribution in [3.8, 4) is 11.5 Å². The van der Waals surface area contributed by atoms with Crippen LogP contribution in [0.2, 0.25) is 0 Å². The maximum Gasteiger partial charge on any atom is 0.277 e. The van der Waals surface area contributed by atoms with Gasteiger partial charge in [0.05, 0.1) is 5.71 Å². The zero-order valence-corrected chi connectivity index (χ0v) is 13.8. The molecule has 0 bridgehead atoms. The van der Waals surface area contributed by atoms with E-state index < -0.39 is 0 Å². The number of nitrogens with zero attached hydrogens (tertiary/aromatic N) is 1. The Bertz CT molecular complexity index is 935. The molecule has 0 aliphatic rings. The Kier molecular flexibility index (Phi) is 4.95. The molecule has 2 N–H and O–H groups in total. The molecule has 0 heterocycles. The molecule has 0 saturated heterocycles. The van der Waals surface area contributed by atoms with Gasteiger partial charge in [-0.3, -0.25) is 4.79 Å². The number of rotatable bonds is 5. The molecular formula is C20H18N2O3. The summed E-state index contributed by atoms with van der Waals surface area (Å²) in [7, 11) is 0. The van der Waals surface area contributed by atoms with Gasteiger partial charge in [0, 0.05) is 5.56 Å². The zero-order chi connectivity index (χ0) is 17.6. The Morgan fingerprint density at radius 1 is 1.04 bits per heavy atom. The van der Waals surface area contributed by atoms with Crippen molar-refractivity contribution in [3.63, 3.8) is 0 Å². The summed E-state index contributed by atoms with van der Waals surface area (Å²) in [5.74, 6) is 0.424. The van der Waals surface area contributed by atoms with Crippen molar-refractivity contribution in [3.05, 3.63) is 72.3 Å². The van der Waals surface area contributed by atoms with Gasteiger partial charge in [-0.05, 0) is 42.0 Å². The van der Waals surface area contributed by atoms with Gasteiger partial charge in [0.15, 0.2) is 6.61 Å². The fraction of sp³-hybridized carbons (Fsp3) is 0.100. The van der Waals surface area contributed by atoms with Gasteiger partial charge in [-0.15, -0.1) is 0 Å². The molecule has 0 aliphatic heterocycles. The van der Waals surface area contributed by atoms with Crippen LogP contribution >= 0.6 is 0 Å². The van der Waals surface area contributed by atoms with Crippen molar-refractivity contribution in [2.45, 2.75) is 6.92 Å². The van der Waals surface area contributed by atoms with Crippen LogP contribution < -0.4 is 10.2 Å². The summed E-state index contributed by atoms with van der Waals surface area (Å²) in [4.78, 5) is 11.9. The quantitative estimate of drug-likeness (QED) is 0.554. The second-order valence-corrected chi connectivity index (χ2v) is 5.58. The van der Waals surface area contributed by atoms with E-state index in [9.17, 15) is 9.90 Å². The van der Waals surface area contributed by atoms with Crippen molar-refractivity contribution in [1.82, 2.24) is 5.43 Å². The topological polar surface area (TPSA) is 70.9 Å². The van der Waals surface area contributed by atoms with E-state index in [1.54, 1.807) is 31.2 Å². The minimum Gasteiger partial charge on any atom is -0.508 e. The van der Waals surface area contributed by atoms with E-state index in [1.807, 2.05) is 42.5 Å². The smallest absolute Gasteiger partial charge is 0.277 e. The molecule has 25 heavy (non-hydrogen) atoms. The van der Waals surface area contributed by atoms with Crippen molar-refractivity contribution < 1.29 is 14.6 Å². The van der Waals surface area contributed by atoms with Crippen LogP contribution in [0.3, 0.4) is 0 Å². The standard InChI is InChI=1S/C20H18N2O3/c1-14(16-7-4-8-18(23)11-16)21-22-20(24)13-25-19-10-9-15-5-2-3-6-17(15)12-19/h2-12,23H,13H2,1H3,(H,22,24)/b21-14+. The number of phenols is 1. The van der Waals surface area contributed by atoms with Crippen LogP contribution in [0.5, 0.6) is 11.5 Å². The van der Waals surface area contributed by atoms with Crippen LogP contribution in [0.15, 0.2) is 71.8 Å². The third-order valence-corrected chi connectivity index (χ3v) is 3.70. The molecule has 1 amide bonds. The number of benzene rings is 3. The van der Waals surface area contributed by atoms with Gasteiger partial charge in [-0.2, -0.15) is 5.10 Å². The first-order valence-corrected chi connectivity index (χ1v) is 7.86. The van der Waals surface area contributed by atoms with Gasteiger partial charge in [0.25, 0.3) is 5.91 Å². The molecule has 126 valence electrons. The molecule has 0 radical (unpaired) electrons. The highest BCUT2D eigenvalue weighted by atomic mass is 16.5. The monoisotopic (exact) mass is 334 g/mol. The van der Waals surface area contributed by atoms with Crippen LogP contribution in [-0.2, 0) is 4.79 Å². The predicted octanol–water partition coefficient (Wildman–Crippen LogP) is 3.46. The maximum absolute atomic E-state index is 11.9. The van der Waals surface area contributed by atoms with Crippen molar-refractivity contribution in [2.75, 3.05) is 6.61 Å². The molecule has 3 aromatic carbocycles. The number of hydrogen-bond acceptors (Lipinski definition) is 4. The van der Waals surface area contributed by atoms with Crippen molar-refractivity contribution in [2.24, 2.45) is 5.10 Å². The lowest BCUT2D eigenvalue weighted by atomic mass is 10.1. The van der Waals surface area contributed by atoms with E-state index in [0.717, 1.165) is 16.3 Å². The predicted molar refractivity (Wildman–Crippen MR) is 97.9 cm³/mol. The number of carbonyl (C=O) groups excluding carboxylic acids is 1. The lowest BCUT2D eigenvalue weighted by Gasteiger charge is -2.07. The molecule has 3 rings (SSSR count). The number of nitrogens with one attached hydrogen (secondary N) is 1. The van der Waals surface area contributed by atoms with Gasteiger partial charge < -0.3 is 9.84 Å². The number of ether oxygens (including phenoxy) is 1. The fourth-order valence-electron chi connectivity index (χ4n) is 2.38. The van der Waals surface area contributed by atoms with Gasteiger partial charge in [-0.1, -0.05) is 42.5 Å². The van der Waals surface area contributed by atoms with Crippen molar-refractivity contribution >= 4 is 22.4 Å². The van der Waals surface area contributed by atoms with Crippen molar-refractivity contribution in [1.29, 1.82) is 0 Å². The van der Waals surface area contributed by atoms with E-state index >= 15 is 0 Å². The number of hydrogen-bond donors (Lipinski definition) is 2. The molecule has 0 aromatic heterocycles. The van der Waals surface area contributed by atoms with Crippen LogP contribution in [0, 0.1) is 0 Å². The van der Waals surface area contributed by atoms with E-state index in [-0.39, 0.29) is 18.3 Å². The average Bonchev–Trinajstić information content (AvgIpc) is 2.64. The second kappa shape index (κ2) is 7.49. The highest BCUT2D eigenvalue weighted by Gasteiger charge is 2.04. The van der Waals surface area contributed by atoms with Gasteiger partial charge in [0.2, 0.25) is 0 Å². The summed E-state index contributed by atoms with van der Waals surface area (Å²) in [6.45, 7) is 1.62.